The highest BCUT2D eigenvalue weighted by Crippen LogP contribution is 2.26. The lowest BCUT2D eigenvalue weighted by molar-refractivity contribution is -0.123. The van der Waals surface area contributed by atoms with E-state index in [-0.39, 0.29) is 22.4 Å². The average Bonchev–Trinajstić information content (AvgIpc) is 2.55. The Balaban J connectivity index is 2.02. The van der Waals surface area contributed by atoms with Gasteiger partial charge in [-0.1, -0.05) is 18.2 Å². The minimum absolute atomic E-state index is 0.109. The molecule has 0 spiro atoms. The third kappa shape index (κ3) is 5.02. The van der Waals surface area contributed by atoms with Crippen LogP contribution in [0.15, 0.2) is 53.7 Å². The quantitative estimate of drug-likeness (QED) is 0.636. The first-order valence-electron chi connectivity index (χ1n) is 6.94. The number of nitrogens with zero attached hydrogens (tertiary/aromatic N) is 1. The zero-order valence-corrected chi connectivity index (χ0v) is 13.4. The Morgan fingerprint density at radius 1 is 1.17 bits per heavy atom. The second-order valence-electron chi connectivity index (χ2n) is 4.64. The SMILES string of the molecule is C[C@H](OC(=O)c1cccnc1SC(F)F)C(=O)Nc1ccccc1. The summed E-state index contributed by atoms with van der Waals surface area (Å²) in [4.78, 5) is 27.9. The van der Waals surface area contributed by atoms with Crippen molar-refractivity contribution < 1.29 is 23.1 Å². The van der Waals surface area contributed by atoms with Crippen molar-refractivity contribution in [2.24, 2.45) is 0 Å². The number of amides is 1. The van der Waals surface area contributed by atoms with Gasteiger partial charge in [-0.3, -0.25) is 4.79 Å². The number of esters is 1. The van der Waals surface area contributed by atoms with Crippen LogP contribution in [0.1, 0.15) is 17.3 Å². The van der Waals surface area contributed by atoms with Crippen molar-refractivity contribution in [2.45, 2.75) is 23.8 Å². The molecular weight excluding hydrogens is 338 g/mol. The van der Waals surface area contributed by atoms with E-state index in [2.05, 4.69) is 10.3 Å². The van der Waals surface area contributed by atoms with Crippen LogP contribution in [0.3, 0.4) is 0 Å². The number of para-hydroxylation sites is 1. The first-order valence-corrected chi connectivity index (χ1v) is 7.82. The fourth-order valence-electron chi connectivity index (χ4n) is 1.77. The van der Waals surface area contributed by atoms with Crippen LogP contribution < -0.4 is 5.32 Å². The topological polar surface area (TPSA) is 68.3 Å². The molecule has 1 atom stereocenters. The molecule has 126 valence electrons. The number of carbonyl (C=O) groups excluding carboxylic acids is 2. The molecule has 0 unspecified atom stereocenters. The number of thioether (sulfide) groups is 1. The fraction of sp³-hybridized carbons (Fsp3) is 0.188. The first-order chi connectivity index (χ1) is 11.5. The van der Waals surface area contributed by atoms with Crippen molar-refractivity contribution >= 4 is 29.3 Å². The Bertz CT molecular complexity index is 713. The predicted molar refractivity (Wildman–Crippen MR) is 86.0 cm³/mol. The van der Waals surface area contributed by atoms with E-state index in [0.29, 0.717) is 5.69 Å². The fourth-order valence-corrected chi connectivity index (χ4v) is 2.34. The van der Waals surface area contributed by atoms with Gasteiger partial charge in [-0.15, -0.1) is 0 Å². The van der Waals surface area contributed by atoms with Gasteiger partial charge in [-0.25, -0.2) is 9.78 Å². The predicted octanol–water partition coefficient (Wildman–Crippen LogP) is 3.58. The average molecular weight is 352 g/mol. The summed E-state index contributed by atoms with van der Waals surface area (Å²) in [5.74, 6) is -4.13. The normalized spacial score (nSPS) is 11.8. The molecule has 5 nitrogen and oxygen atoms in total. The first kappa shape index (κ1) is 17.9. The van der Waals surface area contributed by atoms with Crippen LogP contribution in [0, 0.1) is 0 Å². The number of pyridine rings is 1. The number of nitrogens with one attached hydrogen (secondary N) is 1. The van der Waals surface area contributed by atoms with Gasteiger partial charge < -0.3 is 10.1 Å². The lowest BCUT2D eigenvalue weighted by atomic mass is 10.2. The lowest BCUT2D eigenvalue weighted by Gasteiger charge is -2.14. The minimum atomic E-state index is -2.72. The van der Waals surface area contributed by atoms with E-state index in [4.69, 9.17) is 4.74 Å². The van der Waals surface area contributed by atoms with Gasteiger partial charge in [0, 0.05) is 11.9 Å². The Hall–Kier alpha value is -2.48. The largest absolute Gasteiger partial charge is 0.449 e. The molecule has 0 aliphatic rings. The van der Waals surface area contributed by atoms with Crippen LogP contribution in [0.25, 0.3) is 0 Å². The molecule has 0 aliphatic carbocycles. The Kier molecular flexibility index (Phi) is 6.25. The van der Waals surface area contributed by atoms with Crippen molar-refractivity contribution in [2.75, 3.05) is 5.32 Å². The lowest BCUT2D eigenvalue weighted by Crippen LogP contribution is -2.30. The molecule has 0 fully saturated rings. The van der Waals surface area contributed by atoms with Crippen LogP contribution in [-0.4, -0.2) is 28.7 Å². The van der Waals surface area contributed by atoms with Crippen LogP contribution in [0.2, 0.25) is 0 Å². The Morgan fingerprint density at radius 2 is 1.88 bits per heavy atom. The molecule has 0 saturated carbocycles. The zero-order chi connectivity index (χ0) is 17.5. The van der Waals surface area contributed by atoms with Crippen molar-refractivity contribution in [1.29, 1.82) is 0 Å². The maximum Gasteiger partial charge on any atom is 0.341 e. The number of ether oxygens (including phenoxy) is 1. The third-order valence-electron chi connectivity index (χ3n) is 2.89. The summed E-state index contributed by atoms with van der Waals surface area (Å²) in [5, 5.41) is 2.44. The Labute approximate surface area is 141 Å². The molecule has 0 saturated heterocycles. The second-order valence-corrected chi connectivity index (χ2v) is 5.62. The van der Waals surface area contributed by atoms with Gasteiger partial charge in [-0.05, 0) is 43.0 Å². The number of rotatable bonds is 6. The van der Waals surface area contributed by atoms with E-state index in [0.717, 1.165) is 0 Å². The van der Waals surface area contributed by atoms with Crippen LogP contribution in [0.5, 0.6) is 0 Å². The zero-order valence-electron chi connectivity index (χ0n) is 12.6. The van der Waals surface area contributed by atoms with E-state index in [1.807, 2.05) is 0 Å². The molecule has 2 aromatic rings. The van der Waals surface area contributed by atoms with Gasteiger partial charge in [0.2, 0.25) is 0 Å². The highest BCUT2D eigenvalue weighted by Gasteiger charge is 2.22. The second kappa shape index (κ2) is 8.39. The minimum Gasteiger partial charge on any atom is -0.449 e. The number of hydrogen-bond acceptors (Lipinski definition) is 5. The molecule has 2 rings (SSSR count). The van der Waals surface area contributed by atoms with Gasteiger partial charge in [0.15, 0.2) is 6.10 Å². The monoisotopic (exact) mass is 352 g/mol. The number of anilines is 1. The van der Waals surface area contributed by atoms with Crippen molar-refractivity contribution in [1.82, 2.24) is 4.98 Å². The summed E-state index contributed by atoms with van der Waals surface area (Å²) in [7, 11) is 0. The van der Waals surface area contributed by atoms with Crippen molar-refractivity contribution in [3.63, 3.8) is 0 Å². The van der Waals surface area contributed by atoms with E-state index in [1.165, 1.54) is 25.3 Å². The maximum atomic E-state index is 12.5. The number of hydrogen-bond donors (Lipinski definition) is 1. The summed E-state index contributed by atoms with van der Waals surface area (Å²) < 4.78 is 30.1. The molecule has 8 heteroatoms. The third-order valence-corrected chi connectivity index (χ3v) is 3.61. The highest BCUT2D eigenvalue weighted by molar-refractivity contribution is 7.99. The molecular formula is C16H14F2N2O3S. The molecule has 1 aromatic heterocycles. The van der Waals surface area contributed by atoms with Crippen molar-refractivity contribution in [3.05, 3.63) is 54.2 Å². The van der Waals surface area contributed by atoms with E-state index >= 15 is 0 Å². The highest BCUT2D eigenvalue weighted by atomic mass is 32.2. The number of carbonyl (C=O) groups is 2. The summed E-state index contributed by atoms with van der Waals surface area (Å²) >= 11 is 0.146. The van der Waals surface area contributed by atoms with Gasteiger partial charge >= 0.3 is 5.97 Å². The standard InChI is InChI=1S/C16H14F2N2O3S/c1-10(13(21)20-11-6-3-2-4-7-11)23-15(22)12-8-5-9-19-14(12)24-16(17)18/h2-10,16H,1H3,(H,20,21)/t10-/m0/s1. The molecule has 0 bridgehead atoms. The number of halogens is 2. The van der Waals surface area contributed by atoms with Gasteiger partial charge in [-0.2, -0.15) is 8.78 Å². The summed E-state index contributed by atoms with van der Waals surface area (Å²) in [6, 6.07) is 11.4. The molecule has 0 aliphatic heterocycles. The summed E-state index contributed by atoms with van der Waals surface area (Å²) in [5.41, 5.74) is 0.447. The summed E-state index contributed by atoms with van der Waals surface area (Å²) in [6.07, 6.45) is 0.204. The molecule has 1 heterocycles. The Morgan fingerprint density at radius 3 is 2.54 bits per heavy atom. The number of aromatic nitrogens is 1. The summed E-state index contributed by atoms with van der Waals surface area (Å²) in [6.45, 7) is 1.40. The van der Waals surface area contributed by atoms with Gasteiger partial charge in [0.25, 0.3) is 11.7 Å². The smallest absolute Gasteiger partial charge is 0.341 e. The van der Waals surface area contributed by atoms with Crippen molar-refractivity contribution in [3.8, 4) is 0 Å². The van der Waals surface area contributed by atoms with E-state index in [1.54, 1.807) is 30.3 Å². The van der Waals surface area contributed by atoms with E-state index < -0.39 is 23.7 Å². The molecule has 1 N–H and O–H groups in total. The van der Waals surface area contributed by atoms with Crippen LogP contribution >= 0.6 is 11.8 Å². The molecule has 0 radical (unpaired) electrons. The molecule has 1 aromatic carbocycles. The van der Waals surface area contributed by atoms with Crippen LogP contribution in [0.4, 0.5) is 14.5 Å². The van der Waals surface area contributed by atoms with Gasteiger partial charge in [0.05, 0.1) is 5.56 Å². The van der Waals surface area contributed by atoms with Crippen LogP contribution in [-0.2, 0) is 9.53 Å². The molecule has 24 heavy (non-hydrogen) atoms. The number of benzene rings is 1. The van der Waals surface area contributed by atoms with Gasteiger partial charge in [0.1, 0.15) is 5.03 Å². The molecule has 1 amide bonds. The van der Waals surface area contributed by atoms with E-state index in [9.17, 15) is 18.4 Å². The number of alkyl halides is 2. The maximum absolute atomic E-state index is 12.5.